The molecule has 2 aromatic heterocycles. The maximum Gasteiger partial charge on any atom is 0.323 e. The molecule has 0 saturated carbocycles. The van der Waals surface area contributed by atoms with Crippen LogP contribution in [-0.2, 0) is 0 Å². The Bertz CT molecular complexity index is 931. The van der Waals surface area contributed by atoms with E-state index in [1.807, 2.05) is 19.1 Å². The molecule has 1 amide bonds. The van der Waals surface area contributed by atoms with Gasteiger partial charge in [-0.05, 0) is 30.7 Å². The van der Waals surface area contributed by atoms with E-state index in [1.54, 1.807) is 6.07 Å². The summed E-state index contributed by atoms with van der Waals surface area (Å²) in [6, 6.07) is 7.95. The molecule has 7 heteroatoms. The first kappa shape index (κ1) is 13.9. The van der Waals surface area contributed by atoms with Crippen LogP contribution in [-0.4, -0.2) is 20.9 Å². The molecule has 0 aliphatic heterocycles. The van der Waals surface area contributed by atoms with Crippen molar-refractivity contribution < 1.29 is 4.79 Å². The van der Waals surface area contributed by atoms with E-state index < -0.39 is 0 Å². The van der Waals surface area contributed by atoms with E-state index in [9.17, 15) is 14.4 Å². The summed E-state index contributed by atoms with van der Waals surface area (Å²) in [7, 11) is 0. The molecule has 3 aromatic rings. The number of hydrogen-bond donors (Lipinski definition) is 4. The van der Waals surface area contributed by atoms with E-state index in [4.69, 9.17) is 0 Å². The molecule has 4 N–H and O–H groups in total. The Labute approximate surface area is 124 Å². The molecule has 2 heterocycles. The van der Waals surface area contributed by atoms with Gasteiger partial charge in [0.05, 0.1) is 22.6 Å². The number of carbonyl (C=O) groups is 1. The second kappa shape index (κ2) is 5.36. The summed E-state index contributed by atoms with van der Waals surface area (Å²) in [4.78, 5) is 42.2. The number of fused-ring (bicyclic) bond motifs is 1. The molecule has 0 aliphatic carbocycles. The van der Waals surface area contributed by atoms with E-state index in [1.165, 1.54) is 18.3 Å². The third-order valence-corrected chi connectivity index (χ3v) is 3.43. The van der Waals surface area contributed by atoms with Gasteiger partial charge in [0.1, 0.15) is 0 Å². The quantitative estimate of drug-likeness (QED) is 0.579. The fourth-order valence-electron chi connectivity index (χ4n) is 2.23. The molecule has 22 heavy (non-hydrogen) atoms. The van der Waals surface area contributed by atoms with Crippen molar-refractivity contribution >= 4 is 16.9 Å². The molecule has 0 fully saturated rings. The molecule has 112 valence electrons. The van der Waals surface area contributed by atoms with Crippen molar-refractivity contribution in [2.75, 3.05) is 0 Å². The maximum absolute atomic E-state index is 12.1. The minimum absolute atomic E-state index is 0.248. The number of amides is 1. The number of hydrogen-bond acceptors (Lipinski definition) is 3. The Hall–Kier alpha value is -3.09. The standard InChI is InChI=1S/C15H14N4O3/c1-8(17-14(21)10-3-5-13(20)16-7-10)9-2-4-11-12(6-9)19-15(22)18-11/h2-8H,1H3,(H,16,20)(H,17,21)(H2,18,19,22)/t8-/m1/s1. The number of aromatic amines is 3. The van der Waals surface area contributed by atoms with Crippen LogP contribution < -0.4 is 16.6 Å². The minimum Gasteiger partial charge on any atom is -0.345 e. The highest BCUT2D eigenvalue weighted by atomic mass is 16.2. The monoisotopic (exact) mass is 298 g/mol. The van der Waals surface area contributed by atoms with Crippen molar-refractivity contribution in [3.05, 3.63) is 68.5 Å². The lowest BCUT2D eigenvalue weighted by Gasteiger charge is -2.14. The summed E-state index contributed by atoms with van der Waals surface area (Å²) in [6.45, 7) is 1.84. The van der Waals surface area contributed by atoms with Crippen LogP contribution in [0.3, 0.4) is 0 Å². The second-order valence-corrected chi connectivity index (χ2v) is 5.02. The van der Waals surface area contributed by atoms with Gasteiger partial charge < -0.3 is 20.3 Å². The van der Waals surface area contributed by atoms with E-state index in [0.717, 1.165) is 5.56 Å². The number of benzene rings is 1. The SMILES string of the molecule is C[C@@H](NC(=O)c1ccc(=O)[nH]c1)c1ccc2[nH]c(=O)[nH]c2c1. The molecular formula is C15H14N4O3. The Morgan fingerprint density at radius 3 is 2.59 bits per heavy atom. The fraction of sp³-hybridized carbons (Fsp3) is 0.133. The third-order valence-electron chi connectivity index (χ3n) is 3.43. The summed E-state index contributed by atoms with van der Waals surface area (Å²) in [6.07, 6.45) is 1.37. The number of nitrogens with one attached hydrogen (secondary N) is 4. The highest BCUT2D eigenvalue weighted by molar-refractivity contribution is 5.94. The van der Waals surface area contributed by atoms with Gasteiger partial charge in [-0.15, -0.1) is 0 Å². The molecule has 3 rings (SSSR count). The van der Waals surface area contributed by atoms with Crippen molar-refractivity contribution in [1.29, 1.82) is 0 Å². The molecule has 0 spiro atoms. The first-order valence-electron chi connectivity index (χ1n) is 6.74. The molecule has 0 aliphatic rings. The van der Waals surface area contributed by atoms with Crippen molar-refractivity contribution in [1.82, 2.24) is 20.3 Å². The van der Waals surface area contributed by atoms with Crippen LogP contribution in [0.1, 0.15) is 28.9 Å². The molecule has 0 unspecified atom stereocenters. The Kier molecular flexibility index (Phi) is 3.38. The van der Waals surface area contributed by atoms with Gasteiger partial charge >= 0.3 is 5.69 Å². The zero-order chi connectivity index (χ0) is 15.7. The number of carbonyl (C=O) groups excluding carboxylic acids is 1. The lowest BCUT2D eigenvalue weighted by atomic mass is 10.1. The molecule has 1 atom stereocenters. The van der Waals surface area contributed by atoms with Crippen LogP contribution >= 0.6 is 0 Å². The second-order valence-electron chi connectivity index (χ2n) is 5.02. The fourth-order valence-corrected chi connectivity index (χ4v) is 2.23. The van der Waals surface area contributed by atoms with Crippen molar-refractivity contribution in [2.45, 2.75) is 13.0 Å². The van der Waals surface area contributed by atoms with Crippen molar-refractivity contribution in [3.63, 3.8) is 0 Å². The first-order valence-corrected chi connectivity index (χ1v) is 6.74. The van der Waals surface area contributed by atoms with Crippen LogP contribution in [0.15, 0.2) is 46.1 Å². The molecule has 0 saturated heterocycles. The molecule has 0 bridgehead atoms. The van der Waals surface area contributed by atoms with E-state index in [0.29, 0.717) is 16.6 Å². The first-order chi connectivity index (χ1) is 10.5. The predicted octanol–water partition coefficient (Wildman–Crippen LogP) is 1.04. The van der Waals surface area contributed by atoms with Crippen LogP contribution in [0.5, 0.6) is 0 Å². The number of aromatic nitrogens is 3. The molecule has 0 radical (unpaired) electrons. The predicted molar refractivity (Wildman–Crippen MR) is 81.9 cm³/mol. The summed E-state index contributed by atoms with van der Waals surface area (Å²) in [5, 5.41) is 2.84. The van der Waals surface area contributed by atoms with E-state index in [-0.39, 0.29) is 23.2 Å². The lowest BCUT2D eigenvalue weighted by molar-refractivity contribution is 0.0939. The number of imidazole rings is 1. The van der Waals surface area contributed by atoms with Gasteiger partial charge in [0.25, 0.3) is 5.91 Å². The van der Waals surface area contributed by atoms with Gasteiger partial charge in [0.15, 0.2) is 0 Å². The highest BCUT2D eigenvalue weighted by Crippen LogP contribution is 2.17. The Morgan fingerprint density at radius 1 is 1.09 bits per heavy atom. The Morgan fingerprint density at radius 2 is 1.86 bits per heavy atom. The molecule has 1 aromatic carbocycles. The number of H-pyrrole nitrogens is 3. The van der Waals surface area contributed by atoms with E-state index in [2.05, 4.69) is 20.3 Å². The van der Waals surface area contributed by atoms with Crippen LogP contribution in [0.2, 0.25) is 0 Å². The summed E-state index contributed by atoms with van der Waals surface area (Å²) >= 11 is 0. The van der Waals surface area contributed by atoms with E-state index >= 15 is 0 Å². The van der Waals surface area contributed by atoms with Crippen LogP contribution in [0.4, 0.5) is 0 Å². The van der Waals surface area contributed by atoms with Gasteiger partial charge in [-0.2, -0.15) is 0 Å². The van der Waals surface area contributed by atoms with Gasteiger partial charge in [0.2, 0.25) is 5.56 Å². The minimum atomic E-state index is -0.286. The molecule has 7 nitrogen and oxygen atoms in total. The third kappa shape index (κ3) is 2.69. The zero-order valence-corrected chi connectivity index (χ0v) is 11.8. The number of rotatable bonds is 3. The topological polar surface area (TPSA) is 111 Å². The average Bonchev–Trinajstić information content (AvgIpc) is 2.86. The molecular weight excluding hydrogens is 284 g/mol. The van der Waals surface area contributed by atoms with Crippen LogP contribution in [0.25, 0.3) is 11.0 Å². The average molecular weight is 298 g/mol. The summed E-state index contributed by atoms with van der Waals surface area (Å²) in [5.74, 6) is -0.286. The Balaban J connectivity index is 1.81. The smallest absolute Gasteiger partial charge is 0.323 e. The van der Waals surface area contributed by atoms with Crippen LogP contribution in [0, 0.1) is 0 Å². The maximum atomic E-state index is 12.1. The lowest BCUT2D eigenvalue weighted by Crippen LogP contribution is -2.27. The van der Waals surface area contributed by atoms with Crippen molar-refractivity contribution in [3.8, 4) is 0 Å². The number of pyridine rings is 1. The zero-order valence-electron chi connectivity index (χ0n) is 11.8. The van der Waals surface area contributed by atoms with Gasteiger partial charge in [-0.25, -0.2) is 4.79 Å². The van der Waals surface area contributed by atoms with Gasteiger partial charge in [0, 0.05) is 12.3 Å². The van der Waals surface area contributed by atoms with Crippen molar-refractivity contribution in [2.24, 2.45) is 0 Å². The summed E-state index contributed by atoms with van der Waals surface area (Å²) in [5.41, 5.74) is 2.12. The van der Waals surface area contributed by atoms with Gasteiger partial charge in [-0.1, -0.05) is 6.07 Å². The largest absolute Gasteiger partial charge is 0.345 e. The highest BCUT2D eigenvalue weighted by Gasteiger charge is 2.12. The van der Waals surface area contributed by atoms with Gasteiger partial charge in [-0.3, -0.25) is 9.59 Å². The normalized spacial score (nSPS) is 12.2. The summed E-state index contributed by atoms with van der Waals surface area (Å²) < 4.78 is 0.